The van der Waals surface area contributed by atoms with Crippen molar-refractivity contribution in [3.8, 4) is 5.75 Å². The first-order chi connectivity index (χ1) is 10.4. The van der Waals surface area contributed by atoms with E-state index in [9.17, 15) is 5.11 Å². The van der Waals surface area contributed by atoms with Crippen LogP contribution >= 0.6 is 0 Å². The van der Waals surface area contributed by atoms with Gasteiger partial charge in [-0.05, 0) is 41.5 Å². The van der Waals surface area contributed by atoms with E-state index in [0.717, 1.165) is 18.6 Å². The number of hydrogen-bond acceptors (Lipinski definition) is 2. The van der Waals surface area contributed by atoms with Crippen LogP contribution in [0.2, 0.25) is 0 Å². The van der Waals surface area contributed by atoms with Gasteiger partial charge < -0.3 is 9.84 Å². The van der Waals surface area contributed by atoms with E-state index >= 15 is 0 Å². The molecule has 0 amide bonds. The summed E-state index contributed by atoms with van der Waals surface area (Å²) in [5.74, 6) is 0.879. The summed E-state index contributed by atoms with van der Waals surface area (Å²) < 4.78 is 5.78. The monoisotopic (exact) mass is 298 g/mol. The Morgan fingerprint density at radius 3 is 2.14 bits per heavy atom. The Bertz CT molecular complexity index is 553. The lowest BCUT2D eigenvalue weighted by atomic mass is 9.86. The molecular formula is C20H26O2. The molecule has 118 valence electrons. The largest absolute Gasteiger partial charge is 0.489 e. The van der Waals surface area contributed by atoms with E-state index in [4.69, 9.17) is 4.74 Å². The zero-order valence-electron chi connectivity index (χ0n) is 13.8. The van der Waals surface area contributed by atoms with Gasteiger partial charge in [0, 0.05) is 0 Å². The van der Waals surface area contributed by atoms with Crippen molar-refractivity contribution in [3.63, 3.8) is 0 Å². The predicted octanol–water partition coefficient (Wildman–Crippen LogP) is 4.61. The zero-order chi connectivity index (χ0) is 16.0. The molecule has 0 aliphatic heterocycles. The molecule has 0 saturated carbocycles. The van der Waals surface area contributed by atoms with Crippen molar-refractivity contribution in [1.29, 1.82) is 0 Å². The quantitative estimate of drug-likeness (QED) is 0.844. The smallest absolute Gasteiger partial charge is 0.119 e. The summed E-state index contributed by atoms with van der Waals surface area (Å²) in [6.07, 6.45) is 1.40. The van der Waals surface area contributed by atoms with Gasteiger partial charge in [-0.15, -0.1) is 0 Å². The fraction of sp³-hybridized carbons (Fsp3) is 0.400. The second kappa shape index (κ2) is 7.46. The van der Waals surface area contributed by atoms with E-state index in [1.165, 1.54) is 11.1 Å². The molecule has 2 heteroatoms. The number of aliphatic hydroxyl groups excluding tert-OH is 1. The number of aliphatic hydroxyl groups is 1. The Balaban J connectivity index is 1.83. The molecule has 1 unspecified atom stereocenters. The zero-order valence-corrected chi connectivity index (χ0v) is 13.8. The Labute approximate surface area is 133 Å². The van der Waals surface area contributed by atoms with E-state index in [2.05, 4.69) is 45.0 Å². The summed E-state index contributed by atoms with van der Waals surface area (Å²) in [6.45, 7) is 6.79. The third-order valence-electron chi connectivity index (χ3n) is 3.88. The van der Waals surface area contributed by atoms with E-state index in [-0.39, 0.29) is 11.5 Å². The molecule has 0 aromatic heterocycles. The maximum atomic E-state index is 10.1. The van der Waals surface area contributed by atoms with Crippen molar-refractivity contribution in [1.82, 2.24) is 0 Å². The van der Waals surface area contributed by atoms with Crippen LogP contribution in [0.3, 0.4) is 0 Å². The van der Waals surface area contributed by atoms with Crippen molar-refractivity contribution in [3.05, 3.63) is 65.7 Å². The van der Waals surface area contributed by atoms with Gasteiger partial charge in [0.15, 0.2) is 0 Å². The third kappa shape index (κ3) is 5.19. The average Bonchev–Trinajstić information content (AvgIpc) is 2.51. The lowest BCUT2D eigenvalue weighted by Crippen LogP contribution is -2.26. The van der Waals surface area contributed by atoms with Crippen molar-refractivity contribution < 1.29 is 9.84 Å². The molecule has 0 bridgehead atoms. The predicted molar refractivity (Wildman–Crippen MR) is 91.0 cm³/mol. The van der Waals surface area contributed by atoms with Gasteiger partial charge in [0.25, 0.3) is 0 Å². The Morgan fingerprint density at radius 1 is 0.909 bits per heavy atom. The first-order valence-electron chi connectivity index (χ1n) is 7.89. The van der Waals surface area contributed by atoms with Gasteiger partial charge in [-0.3, -0.25) is 0 Å². The van der Waals surface area contributed by atoms with Gasteiger partial charge in [-0.25, -0.2) is 0 Å². The van der Waals surface area contributed by atoms with E-state index in [0.29, 0.717) is 6.61 Å². The van der Waals surface area contributed by atoms with Gasteiger partial charge >= 0.3 is 0 Å². The summed E-state index contributed by atoms with van der Waals surface area (Å²) in [5, 5.41) is 10.1. The Kier molecular flexibility index (Phi) is 5.62. The molecule has 2 rings (SSSR count). The molecule has 0 heterocycles. The van der Waals surface area contributed by atoms with Crippen molar-refractivity contribution >= 4 is 0 Å². The molecule has 0 saturated heterocycles. The van der Waals surface area contributed by atoms with E-state index < -0.39 is 0 Å². The van der Waals surface area contributed by atoms with Crippen molar-refractivity contribution in [2.45, 2.75) is 46.3 Å². The summed E-state index contributed by atoms with van der Waals surface area (Å²) in [5.41, 5.74) is 2.34. The minimum atomic E-state index is -0.276. The van der Waals surface area contributed by atoms with Gasteiger partial charge in [0.2, 0.25) is 0 Å². The molecule has 22 heavy (non-hydrogen) atoms. The summed E-state index contributed by atoms with van der Waals surface area (Å²) in [6, 6.07) is 18.3. The van der Waals surface area contributed by atoms with Crippen LogP contribution in [0.15, 0.2) is 54.6 Å². The molecule has 0 aliphatic rings. The lowest BCUT2D eigenvalue weighted by Gasteiger charge is -2.25. The maximum Gasteiger partial charge on any atom is 0.119 e. The highest BCUT2D eigenvalue weighted by molar-refractivity contribution is 5.28. The van der Waals surface area contributed by atoms with E-state index in [1.54, 1.807) is 0 Å². The fourth-order valence-electron chi connectivity index (χ4n) is 2.23. The number of benzene rings is 2. The maximum absolute atomic E-state index is 10.1. The highest BCUT2D eigenvalue weighted by atomic mass is 16.5. The minimum absolute atomic E-state index is 0.0568. The van der Waals surface area contributed by atoms with Gasteiger partial charge in [0.1, 0.15) is 12.4 Å². The Hall–Kier alpha value is -1.80. The van der Waals surface area contributed by atoms with Crippen LogP contribution in [-0.4, -0.2) is 11.2 Å². The molecule has 1 N–H and O–H groups in total. The first kappa shape index (κ1) is 16.6. The van der Waals surface area contributed by atoms with Crippen LogP contribution in [0, 0.1) is 5.41 Å². The van der Waals surface area contributed by atoms with Crippen LogP contribution in [0.1, 0.15) is 38.3 Å². The molecule has 0 radical (unpaired) electrons. The van der Waals surface area contributed by atoms with Crippen LogP contribution in [-0.2, 0) is 13.0 Å². The van der Waals surface area contributed by atoms with E-state index in [1.807, 2.05) is 30.3 Å². The highest BCUT2D eigenvalue weighted by Crippen LogP contribution is 2.23. The molecule has 2 aromatic carbocycles. The molecule has 0 aliphatic carbocycles. The first-order valence-corrected chi connectivity index (χ1v) is 7.89. The second-order valence-corrected chi connectivity index (χ2v) is 6.84. The molecule has 1 atom stereocenters. The van der Waals surface area contributed by atoms with Gasteiger partial charge in [-0.1, -0.05) is 63.2 Å². The second-order valence-electron chi connectivity index (χ2n) is 6.84. The normalized spacial score (nSPS) is 12.9. The highest BCUT2D eigenvalue weighted by Gasteiger charge is 2.21. The fourth-order valence-corrected chi connectivity index (χ4v) is 2.23. The minimum Gasteiger partial charge on any atom is -0.489 e. The van der Waals surface area contributed by atoms with Crippen LogP contribution < -0.4 is 4.74 Å². The summed E-state index contributed by atoms with van der Waals surface area (Å²) in [4.78, 5) is 0. The van der Waals surface area contributed by atoms with Gasteiger partial charge in [-0.2, -0.15) is 0 Å². The topological polar surface area (TPSA) is 29.5 Å². The van der Waals surface area contributed by atoms with Crippen LogP contribution in [0.4, 0.5) is 0 Å². The summed E-state index contributed by atoms with van der Waals surface area (Å²) in [7, 11) is 0. The lowest BCUT2D eigenvalue weighted by molar-refractivity contribution is 0.0560. The average molecular weight is 298 g/mol. The number of rotatable bonds is 6. The SMILES string of the molecule is CC(C)(C)C(O)CCc1ccc(OCc2ccccc2)cc1. The number of ether oxygens (including phenoxy) is 1. The van der Waals surface area contributed by atoms with Crippen LogP contribution in [0.25, 0.3) is 0 Å². The molecular weight excluding hydrogens is 272 g/mol. The molecule has 0 spiro atoms. The number of aryl methyl sites for hydroxylation is 1. The third-order valence-corrected chi connectivity index (χ3v) is 3.88. The van der Waals surface area contributed by atoms with Gasteiger partial charge in [0.05, 0.1) is 6.10 Å². The van der Waals surface area contributed by atoms with Crippen LogP contribution in [0.5, 0.6) is 5.75 Å². The Morgan fingerprint density at radius 2 is 1.55 bits per heavy atom. The molecule has 2 nitrogen and oxygen atoms in total. The number of hydrogen-bond donors (Lipinski definition) is 1. The molecule has 2 aromatic rings. The van der Waals surface area contributed by atoms with Crippen molar-refractivity contribution in [2.75, 3.05) is 0 Å². The standard InChI is InChI=1S/C20H26O2/c1-20(2,3)19(21)14-11-16-9-12-18(13-10-16)22-15-17-7-5-4-6-8-17/h4-10,12-13,19,21H,11,14-15H2,1-3H3. The summed E-state index contributed by atoms with van der Waals surface area (Å²) >= 11 is 0. The van der Waals surface area contributed by atoms with Crippen molar-refractivity contribution in [2.24, 2.45) is 5.41 Å². The molecule has 0 fully saturated rings.